The lowest BCUT2D eigenvalue weighted by Crippen LogP contribution is -2.11. The summed E-state index contributed by atoms with van der Waals surface area (Å²) >= 11 is 0. The molecule has 0 spiro atoms. The Bertz CT molecular complexity index is 561. The van der Waals surface area contributed by atoms with Crippen LogP contribution in [0.5, 0.6) is 5.88 Å². The highest BCUT2D eigenvalue weighted by molar-refractivity contribution is 6.03. The average molecular weight is 244 g/mol. The van der Waals surface area contributed by atoms with Crippen molar-refractivity contribution in [2.45, 2.75) is 6.92 Å². The Morgan fingerprint density at radius 2 is 1.83 bits per heavy atom. The van der Waals surface area contributed by atoms with Crippen LogP contribution in [0.25, 0.3) is 0 Å². The van der Waals surface area contributed by atoms with Crippen LogP contribution in [-0.2, 0) is 4.79 Å². The fourth-order valence-electron chi connectivity index (χ4n) is 1.45. The minimum Gasteiger partial charge on any atom is -0.410 e. The van der Waals surface area contributed by atoms with E-state index in [2.05, 4.69) is 10.3 Å². The van der Waals surface area contributed by atoms with Crippen LogP contribution >= 0.6 is 0 Å². The summed E-state index contributed by atoms with van der Waals surface area (Å²) in [5.41, 5.74) is 0.557. The number of ether oxygens (including phenoxy) is 1. The Kier molecular flexibility index (Phi) is 3.43. The minimum atomic E-state index is -0.419. The standard InChI is InChI=1S/C13H12N2O3/c1-9(16)18-12-8-7-11(14-12)15-13(17)10-5-3-2-4-6-10/h2-8,14H,1H3,(H,15,17). The number of rotatable bonds is 3. The number of benzene rings is 1. The van der Waals surface area contributed by atoms with Gasteiger partial charge < -0.3 is 15.0 Å². The number of nitrogens with one attached hydrogen (secondary N) is 2. The first-order valence-corrected chi connectivity index (χ1v) is 5.39. The van der Waals surface area contributed by atoms with Crippen molar-refractivity contribution in [3.63, 3.8) is 0 Å². The number of amides is 1. The lowest BCUT2D eigenvalue weighted by atomic mass is 10.2. The Labute approximate surface area is 104 Å². The van der Waals surface area contributed by atoms with Gasteiger partial charge in [-0.2, -0.15) is 0 Å². The van der Waals surface area contributed by atoms with Gasteiger partial charge in [-0.25, -0.2) is 0 Å². The molecule has 1 heterocycles. The van der Waals surface area contributed by atoms with Crippen LogP contribution in [0.2, 0.25) is 0 Å². The molecule has 0 saturated heterocycles. The third kappa shape index (κ3) is 2.98. The summed E-state index contributed by atoms with van der Waals surface area (Å²) in [5, 5.41) is 2.67. The number of esters is 1. The van der Waals surface area contributed by atoms with Crippen molar-refractivity contribution in [3.05, 3.63) is 48.0 Å². The second-order valence-electron chi connectivity index (χ2n) is 3.65. The Hall–Kier alpha value is -2.56. The largest absolute Gasteiger partial charge is 0.410 e. The molecule has 2 N–H and O–H groups in total. The van der Waals surface area contributed by atoms with Gasteiger partial charge in [0, 0.05) is 18.6 Å². The van der Waals surface area contributed by atoms with Gasteiger partial charge in [0.1, 0.15) is 5.82 Å². The number of hydrogen-bond donors (Lipinski definition) is 2. The molecule has 0 bridgehead atoms. The summed E-state index contributed by atoms with van der Waals surface area (Å²) in [7, 11) is 0. The Morgan fingerprint density at radius 3 is 2.50 bits per heavy atom. The molecule has 5 nitrogen and oxygen atoms in total. The fraction of sp³-hybridized carbons (Fsp3) is 0.0769. The maximum atomic E-state index is 11.8. The predicted molar refractivity (Wildman–Crippen MR) is 66.5 cm³/mol. The molecule has 0 atom stereocenters. The van der Waals surface area contributed by atoms with Gasteiger partial charge in [-0.15, -0.1) is 0 Å². The molecule has 18 heavy (non-hydrogen) atoms. The van der Waals surface area contributed by atoms with Crippen LogP contribution in [0.1, 0.15) is 17.3 Å². The molecule has 1 amide bonds. The molecule has 0 aliphatic rings. The molecule has 0 radical (unpaired) electrons. The molecule has 2 aromatic rings. The maximum absolute atomic E-state index is 11.8. The van der Waals surface area contributed by atoms with Crippen LogP contribution in [0.15, 0.2) is 42.5 Å². The highest BCUT2D eigenvalue weighted by atomic mass is 16.5. The summed E-state index contributed by atoms with van der Waals surface area (Å²) in [4.78, 5) is 25.3. The van der Waals surface area contributed by atoms with E-state index in [4.69, 9.17) is 4.74 Å². The maximum Gasteiger partial charge on any atom is 0.309 e. The van der Waals surface area contributed by atoms with E-state index in [0.29, 0.717) is 17.3 Å². The van der Waals surface area contributed by atoms with E-state index < -0.39 is 5.97 Å². The normalized spacial score (nSPS) is 9.83. The molecule has 2 rings (SSSR count). The zero-order valence-corrected chi connectivity index (χ0v) is 9.77. The fourth-order valence-corrected chi connectivity index (χ4v) is 1.45. The molecule has 0 aliphatic heterocycles. The molecule has 0 aliphatic carbocycles. The number of carbonyl (C=O) groups is 2. The van der Waals surface area contributed by atoms with Gasteiger partial charge in [0.2, 0.25) is 5.88 Å². The first-order chi connectivity index (χ1) is 8.65. The van der Waals surface area contributed by atoms with Crippen molar-refractivity contribution in [1.29, 1.82) is 0 Å². The molecule has 0 fully saturated rings. The van der Waals surface area contributed by atoms with E-state index in [1.54, 1.807) is 36.4 Å². The molecule has 0 unspecified atom stereocenters. The Balaban J connectivity index is 2.04. The van der Waals surface area contributed by atoms with E-state index in [9.17, 15) is 9.59 Å². The smallest absolute Gasteiger partial charge is 0.309 e. The highest BCUT2D eigenvalue weighted by Gasteiger charge is 2.07. The van der Waals surface area contributed by atoms with Gasteiger partial charge in [-0.05, 0) is 18.2 Å². The lowest BCUT2D eigenvalue weighted by molar-refractivity contribution is -0.132. The van der Waals surface area contributed by atoms with E-state index in [1.807, 2.05) is 6.07 Å². The second-order valence-corrected chi connectivity index (χ2v) is 3.65. The molecular formula is C13H12N2O3. The van der Waals surface area contributed by atoms with E-state index in [0.717, 1.165) is 0 Å². The summed E-state index contributed by atoms with van der Waals surface area (Å²) in [6, 6.07) is 12.0. The molecule has 5 heteroatoms. The number of carbonyl (C=O) groups excluding carboxylic acids is 2. The number of aromatic amines is 1. The molecule has 1 aromatic carbocycles. The average Bonchev–Trinajstić information content (AvgIpc) is 2.76. The second kappa shape index (κ2) is 5.18. The number of anilines is 1. The van der Waals surface area contributed by atoms with E-state index in [-0.39, 0.29) is 5.91 Å². The zero-order valence-electron chi connectivity index (χ0n) is 9.77. The third-order valence-corrected chi connectivity index (χ3v) is 2.20. The van der Waals surface area contributed by atoms with Gasteiger partial charge in [-0.3, -0.25) is 9.59 Å². The quantitative estimate of drug-likeness (QED) is 0.813. The first kappa shape index (κ1) is 11.9. The topological polar surface area (TPSA) is 71.2 Å². The molecular weight excluding hydrogens is 232 g/mol. The third-order valence-electron chi connectivity index (χ3n) is 2.20. The number of aromatic nitrogens is 1. The van der Waals surface area contributed by atoms with Crippen molar-refractivity contribution in [1.82, 2.24) is 4.98 Å². The number of H-pyrrole nitrogens is 1. The lowest BCUT2D eigenvalue weighted by Gasteiger charge is -2.02. The van der Waals surface area contributed by atoms with E-state index in [1.165, 1.54) is 6.92 Å². The summed E-state index contributed by atoms with van der Waals surface area (Å²) < 4.78 is 4.84. The predicted octanol–water partition coefficient (Wildman–Crippen LogP) is 2.19. The summed E-state index contributed by atoms with van der Waals surface area (Å²) in [5.74, 6) is 0.121. The minimum absolute atomic E-state index is 0.230. The van der Waals surface area contributed by atoms with Gasteiger partial charge in [0.05, 0.1) is 0 Å². The van der Waals surface area contributed by atoms with Crippen molar-refractivity contribution in [2.75, 3.05) is 5.32 Å². The van der Waals surface area contributed by atoms with Crippen LogP contribution in [0.4, 0.5) is 5.82 Å². The van der Waals surface area contributed by atoms with Gasteiger partial charge in [0.15, 0.2) is 0 Å². The SMILES string of the molecule is CC(=O)Oc1ccc(NC(=O)c2ccccc2)[nH]1. The first-order valence-electron chi connectivity index (χ1n) is 5.39. The molecule has 92 valence electrons. The van der Waals surface area contributed by atoms with E-state index >= 15 is 0 Å². The van der Waals surface area contributed by atoms with Crippen LogP contribution < -0.4 is 10.1 Å². The Morgan fingerprint density at radius 1 is 1.11 bits per heavy atom. The van der Waals surface area contributed by atoms with Crippen molar-refractivity contribution >= 4 is 17.7 Å². The highest BCUT2D eigenvalue weighted by Crippen LogP contribution is 2.15. The van der Waals surface area contributed by atoms with Crippen LogP contribution in [-0.4, -0.2) is 16.9 Å². The van der Waals surface area contributed by atoms with Gasteiger partial charge >= 0.3 is 5.97 Å². The van der Waals surface area contributed by atoms with Crippen molar-refractivity contribution < 1.29 is 14.3 Å². The molecule has 1 aromatic heterocycles. The van der Waals surface area contributed by atoms with Crippen molar-refractivity contribution in [3.8, 4) is 5.88 Å². The number of hydrogen-bond acceptors (Lipinski definition) is 3. The van der Waals surface area contributed by atoms with Gasteiger partial charge in [-0.1, -0.05) is 18.2 Å². The van der Waals surface area contributed by atoms with Crippen molar-refractivity contribution in [2.24, 2.45) is 0 Å². The van der Waals surface area contributed by atoms with Gasteiger partial charge in [0.25, 0.3) is 5.91 Å². The summed E-state index contributed by atoms with van der Waals surface area (Å²) in [6.45, 7) is 1.31. The monoisotopic (exact) mass is 244 g/mol. The van der Waals surface area contributed by atoms with Crippen LogP contribution in [0, 0.1) is 0 Å². The zero-order chi connectivity index (χ0) is 13.0. The van der Waals surface area contributed by atoms with Crippen LogP contribution in [0.3, 0.4) is 0 Å². The molecule has 0 saturated carbocycles. The summed E-state index contributed by atoms with van der Waals surface area (Å²) in [6.07, 6.45) is 0.